The molecular formula is C24H30N2O5. The van der Waals surface area contributed by atoms with Crippen molar-refractivity contribution >= 4 is 12.0 Å². The molecule has 1 N–H and O–H groups in total. The Hall–Kier alpha value is -3.19. The van der Waals surface area contributed by atoms with E-state index in [1.165, 1.54) is 11.6 Å². The van der Waals surface area contributed by atoms with Crippen LogP contribution < -0.4 is 24.3 Å². The largest absolute Gasteiger partial charge is 0.493 e. The third-order valence-corrected chi connectivity index (χ3v) is 5.31. The molecule has 1 atom stereocenters. The van der Waals surface area contributed by atoms with Crippen LogP contribution >= 0.6 is 0 Å². The van der Waals surface area contributed by atoms with Crippen LogP contribution in [-0.2, 0) is 11.2 Å². The van der Waals surface area contributed by atoms with Gasteiger partial charge >= 0.3 is 0 Å². The van der Waals surface area contributed by atoms with Gasteiger partial charge in [-0.3, -0.25) is 4.79 Å². The Kier molecular flexibility index (Phi) is 7.41. The van der Waals surface area contributed by atoms with Gasteiger partial charge in [-0.15, -0.1) is 0 Å². The number of amides is 1. The monoisotopic (exact) mass is 426 g/mol. The highest BCUT2D eigenvalue weighted by Gasteiger charge is 2.19. The van der Waals surface area contributed by atoms with E-state index in [4.69, 9.17) is 18.9 Å². The second kappa shape index (κ2) is 10.2. The van der Waals surface area contributed by atoms with Gasteiger partial charge in [-0.1, -0.05) is 12.1 Å². The second-order valence-electron chi connectivity index (χ2n) is 7.48. The van der Waals surface area contributed by atoms with Crippen LogP contribution in [0.15, 0.2) is 36.4 Å². The predicted octanol–water partition coefficient (Wildman–Crippen LogP) is 3.08. The Morgan fingerprint density at radius 1 is 1.13 bits per heavy atom. The van der Waals surface area contributed by atoms with Gasteiger partial charge in [0.1, 0.15) is 5.75 Å². The number of rotatable bonds is 9. The minimum atomic E-state index is -0.176. The number of likely N-dealkylation sites (N-methyl/N-ethyl adjacent to an activating group) is 1. The summed E-state index contributed by atoms with van der Waals surface area (Å²) in [6.45, 7) is 1.22. The summed E-state index contributed by atoms with van der Waals surface area (Å²) in [7, 11) is 8.69. The summed E-state index contributed by atoms with van der Waals surface area (Å²) in [4.78, 5) is 14.6. The van der Waals surface area contributed by atoms with Crippen molar-refractivity contribution in [2.24, 2.45) is 0 Å². The Balaban J connectivity index is 1.67. The molecule has 0 fully saturated rings. The maximum Gasteiger partial charge on any atom is 0.244 e. The quantitative estimate of drug-likeness (QED) is 0.622. The third kappa shape index (κ3) is 5.30. The molecule has 2 aromatic rings. The lowest BCUT2D eigenvalue weighted by atomic mass is 10.0. The average Bonchev–Trinajstić information content (AvgIpc) is 3.24. The van der Waals surface area contributed by atoms with Gasteiger partial charge in [-0.2, -0.15) is 0 Å². The molecule has 1 unspecified atom stereocenters. The normalized spacial score (nSPS) is 13.6. The van der Waals surface area contributed by atoms with Gasteiger partial charge in [-0.05, 0) is 55.1 Å². The molecule has 0 saturated heterocycles. The first-order valence-electron chi connectivity index (χ1n) is 10.1. The third-order valence-electron chi connectivity index (χ3n) is 5.31. The Morgan fingerprint density at radius 3 is 2.45 bits per heavy atom. The number of methoxy groups -OCH3 is 3. The summed E-state index contributed by atoms with van der Waals surface area (Å²) in [5, 5.41) is 2.99. The average molecular weight is 427 g/mol. The van der Waals surface area contributed by atoms with Crippen LogP contribution in [-0.4, -0.2) is 59.4 Å². The van der Waals surface area contributed by atoms with Crippen LogP contribution in [0.2, 0.25) is 0 Å². The molecule has 3 rings (SSSR count). The molecule has 7 heteroatoms. The van der Waals surface area contributed by atoms with E-state index >= 15 is 0 Å². The van der Waals surface area contributed by atoms with Crippen molar-refractivity contribution < 1.29 is 23.7 Å². The molecule has 0 aliphatic carbocycles. The van der Waals surface area contributed by atoms with Crippen molar-refractivity contribution in [1.29, 1.82) is 0 Å². The van der Waals surface area contributed by atoms with Gasteiger partial charge in [0.05, 0.1) is 34.0 Å². The van der Waals surface area contributed by atoms with Gasteiger partial charge in [0.15, 0.2) is 11.5 Å². The molecule has 1 amide bonds. The summed E-state index contributed by atoms with van der Waals surface area (Å²) in [5.74, 6) is 2.37. The number of hydrogen-bond donors (Lipinski definition) is 1. The van der Waals surface area contributed by atoms with E-state index in [1.807, 2.05) is 20.2 Å². The molecule has 166 valence electrons. The molecule has 1 aliphatic heterocycles. The van der Waals surface area contributed by atoms with E-state index in [1.54, 1.807) is 39.5 Å². The van der Waals surface area contributed by atoms with Gasteiger partial charge in [0.2, 0.25) is 11.7 Å². The van der Waals surface area contributed by atoms with E-state index < -0.39 is 0 Å². The number of nitrogens with one attached hydrogen (secondary N) is 1. The number of nitrogens with zero attached hydrogens (tertiary/aromatic N) is 1. The lowest BCUT2D eigenvalue weighted by Crippen LogP contribution is -2.33. The summed E-state index contributed by atoms with van der Waals surface area (Å²) < 4.78 is 21.6. The maximum absolute atomic E-state index is 12.5. The summed E-state index contributed by atoms with van der Waals surface area (Å²) in [5.41, 5.74) is 3.15. The van der Waals surface area contributed by atoms with Crippen LogP contribution in [0.4, 0.5) is 0 Å². The molecule has 2 aromatic carbocycles. The second-order valence-corrected chi connectivity index (χ2v) is 7.48. The smallest absolute Gasteiger partial charge is 0.244 e. The van der Waals surface area contributed by atoms with Crippen molar-refractivity contribution in [3.63, 3.8) is 0 Å². The molecule has 31 heavy (non-hydrogen) atoms. The maximum atomic E-state index is 12.5. The number of benzene rings is 2. The van der Waals surface area contributed by atoms with Crippen molar-refractivity contribution in [1.82, 2.24) is 10.2 Å². The van der Waals surface area contributed by atoms with Gasteiger partial charge in [0, 0.05) is 19.0 Å². The topological polar surface area (TPSA) is 69.3 Å². The van der Waals surface area contributed by atoms with Crippen LogP contribution in [0.1, 0.15) is 22.7 Å². The summed E-state index contributed by atoms with van der Waals surface area (Å²) >= 11 is 0. The van der Waals surface area contributed by atoms with Crippen molar-refractivity contribution in [3.8, 4) is 23.0 Å². The molecular weight excluding hydrogens is 396 g/mol. The molecule has 1 aliphatic rings. The minimum Gasteiger partial charge on any atom is -0.493 e. The van der Waals surface area contributed by atoms with Gasteiger partial charge in [-0.25, -0.2) is 0 Å². The van der Waals surface area contributed by atoms with Gasteiger partial charge < -0.3 is 29.2 Å². The Labute approximate surface area is 183 Å². The van der Waals surface area contributed by atoms with Crippen molar-refractivity contribution in [2.45, 2.75) is 12.5 Å². The number of carbonyl (C=O) groups excluding carboxylic acids is 1. The van der Waals surface area contributed by atoms with Crippen LogP contribution in [0.5, 0.6) is 23.0 Å². The first-order chi connectivity index (χ1) is 15.0. The number of fused-ring (bicyclic) bond motifs is 1. The highest BCUT2D eigenvalue weighted by molar-refractivity contribution is 5.92. The van der Waals surface area contributed by atoms with E-state index in [2.05, 4.69) is 22.3 Å². The SMILES string of the molecule is COc1cc(/C=C/C(=O)NCC(c2ccc3c(c2)CCO3)N(C)C)cc(OC)c1OC. The minimum absolute atomic E-state index is 0.0597. The van der Waals surface area contributed by atoms with E-state index in [9.17, 15) is 4.79 Å². The lowest BCUT2D eigenvalue weighted by Gasteiger charge is -2.25. The van der Waals surface area contributed by atoms with Crippen LogP contribution in [0, 0.1) is 0 Å². The molecule has 7 nitrogen and oxygen atoms in total. The van der Waals surface area contributed by atoms with Gasteiger partial charge in [0.25, 0.3) is 0 Å². The number of ether oxygens (including phenoxy) is 4. The molecule has 0 radical (unpaired) electrons. The molecule has 0 bridgehead atoms. The summed E-state index contributed by atoms with van der Waals surface area (Å²) in [6.07, 6.45) is 4.15. The van der Waals surface area contributed by atoms with E-state index in [0.717, 1.165) is 29.9 Å². The zero-order valence-electron chi connectivity index (χ0n) is 18.7. The first kappa shape index (κ1) is 22.5. The predicted molar refractivity (Wildman–Crippen MR) is 120 cm³/mol. The fourth-order valence-corrected chi connectivity index (χ4v) is 3.64. The lowest BCUT2D eigenvalue weighted by molar-refractivity contribution is -0.116. The highest BCUT2D eigenvalue weighted by Crippen LogP contribution is 2.38. The van der Waals surface area contributed by atoms with Crippen LogP contribution in [0.25, 0.3) is 6.08 Å². The summed E-state index contributed by atoms with van der Waals surface area (Å²) in [6, 6.07) is 9.89. The molecule has 0 spiro atoms. The standard InChI is InChI=1S/C24H30N2O5/c1-26(2)19(17-7-8-20-18(14-17)10-11-31-20)15-25-23(27)9-6-16-12-21(28-3)24(30-5)22(13-16)29-4/h6-9,12-14,19H,10-11,15H2,1-5H3,(H,25,27)/b9-6+. The zero-order chi connectivity index (χ0) is 22.4. The fourth-order valence-electron chi connectivity index (χ4n) is 3.64. The van der Waals surface area contributed by atoms with Crippen LogP contribution in [0.3, 0.4) is 0 Å². The van der Waals surface area contributed by atoms with Crippen molar-refractivity contribution in [3.05, 3.63) is 53.1 Å². The van der Waals surface area contributed by atoms with Crippen molar-refractivity contribution in [2.75, 3.05) is 48.6 Å². The Bertz CT molecular complexity index is 930. The molecule has 0 saturated carbocycles. The molecule has 1 heterocycles. The molecule has 0 aromatic heterocycles. The fraction of sp³-hybridized carbons (Fsp3) is 0.375. The highest BCUT2D eigenvalue weighted by atomic mass is 16.5. The number of carbonyl (C=O) groups is 1. The zero-order valence-corrected chi connectivity index (χ0v) is 18.7. The number of hydrogen-bond acceptors (Lipinski definition) is 6. The Morgan fingerprint density at radius 2 is 1.84 bits per heavy atom. The first-order valence-corrected chi connectivity index (χ1v) is 10.1. The van der Waals surface area contributed by atoms with E-state index in [-0.39, 0.29) is 11.9 Å². The van der Waals surface area contributed by atoms with E-state index in [0.29, 0.717) is 23.8 Å².